The van der Waals surface area contributed by atoms with Gasteiger partial charge in [0.1, 0.15) is 0 Å². The average Bonchev–Trinajstić information content (AvgIpc) is 3.27. The van der Waals surface area contributed by atoms with E-state index in [2.05, 4.69) is 25.3 Å². The fraction of sp³-hybridized carbons (Fsp3) is 0.619. The summed E-state index contributed by atoms with van der Waals surface area (Å²) in [6, 6.07) is 3.66. The molecule has 0 atom stereocenters. The van der Waals surface area contributed by atoms with Crippen LogP contribution in [0.2, 0.25) is 0 Å². The predicted octanol–water partition coefficient (Wildman–Crippen LogP) is 2.22. The fourth-order valence-electron chi connectivity index (χ4n) is 4.40. The second kappa shape index (κ2) is 9.45. The van der Waals surface area contributed by atoms with E-state index in [0.29, 0.717) is 31.1 Å². The number of aryl methyl sites for hydroxylation is 1. The second-order valence-corrected chi connectivity index (χ2v) is 7.91. The molecular formula is C21H29N5O3. The Hall–Kier alpha value is -2.32. The van der Waals surface area contributed by atoms with E-state index in [4.69, 9.17) is 9.26 Å². The van der Waals surface area contributed by atoms with E-state index in [1.807, 2.05) is 12.1 Å². The van der Waals surface area contributed by atoms with E-state index in [1.165, 1.54) is 19.3 Å². The minimum absolute atomic E-state index is 0.0341. The van der Waals surface area contributed by atoms with Crippen molar-refractivity contribution in [2.75, 3.05) is 32.8 Å². The third-order valence-electron chi connectivity index (χ3n) is 6.05. The zero-order valence-corrected chi connectivity index (χ0v) is 16.8. The number of carbonyl (C=O) groups is 1. The molecule has 1 saturated heterocycles. The number of nitrogens with one attached hydrogen (secondary N) is 1. The average molecular weight is 399 g/mol. The molecule has 4 rings (SSSR count). The van der Waals surface area contributed by atoms with Crippen molar-refractivity contribution in [1.82, 2.24) is 25.3 Å². The van der Waals surface area contributed by atoms with E-state index >= 15 is 0 Å². The van der Waals surface area contributed by atoms with Gasteiger partial charge in [-0.1, -0.05) is 24.4 Å². The van der Waals surface area contributed by atoms with E-state index in [9.17, 15) is 4.79 Å². The van der Waals surface area contributed by atoms with Crippen molar-refractivity contribution < 1.29 is 14.1 Å². The van der Waals surface area contributed by atoms with Gasteiger partial charge in [0.25, 0.3) is 0 Å². The minimum Gasteiger partial charge on any atom is -0.379 e. The molecular weight excluding hydrogens is 370 g/mol. The first-order valence-corrected chi connectivity index (χ1v) is 10.6. The number of aromatic nitrogens is 3. The van der Waals surface area contributed by atoms with Crippen LogP contribution in [-0.2, 0) is 16.0 Å². The first-order valence-electron chi connectivity index (χ1n) is 10.6. The molecule has 8 nitrogen and oxygen atoms in total. The smallest absolute Gasteiger partial charge is 0.227 e. The highest BCUT2D eigenvalue weighted by atomic mass is 16.5. The molecule has 3 heterocycles. The number of amides is 1. The SMILES string of the molecule is O=C(CCc1nc(-c2ccncc2)no1)NCC1(N2CCOCC2)CCCCC1. The van der Waals surface area contributed by atoms with Gasteiger partial charge in [0.05, 0.1) is 13.2 Å². The van der Waals surface area contributed by atoms with E-state index < -0.39 is 0 Å². The Balaban J connectivity index is 1.29. The summed E-state index contributed by atoms with van der Waals surface area (Å²) in [5.41, 5.74) is 0.931. The Morgan fingerprint density at radius 3 is 2.66 bits per heavy atom. The number of carbonyl (C=O) groups excluding carboxylic acids is 1. The van der Waals surface area contributed by atoms with Crippen molar-refractivity contribution in [3.05, 3.63) is 30.4 Å². The number of hydrogen-bond acceptors (Lipinski definition) is 7. The predicted molar refractivity (Wildman–Crippen MR) is 107 cm³/mol. The lowest BCUT2D eigenvalue weighted by Crippen LogP contribution is -2.59. The number of hydrogen-bond donors (Lipinski definition) is 1. The summed E-state index contributed by atoms with van der Waals surface area (Å²) in [6.07, 6.45) is 10.2. The van der Waals surface area contributed by atoms with E-state index in [1.54, 1.807) is 12.4 Å². The Morgan fingerprint density at radius 1 is 1.14 bits per heavy atom. The van der Waals surface area contributed by atoms with Crippen LogP contribution in [0.3, 0.4) is 0 Å². The van der Waals surface area contributed by atoms with Crippen LogP contribution in [0.4, 0.5) is 0 Å². The lowest BCUT2D eigenvalue weighted by molar-refractivity contribution is -0.122. The van der Waals surface area contributed by atoms with E-state index in [0.717, 1.165) is 44.7 Å². The number of ether oxygens (including phenoxy) is 1. The van der Waals surface area contributed by atoms with Crippen LogP contribution in [0.25, 0.3) is 11.4 Å². The quantitative estimate of drug-likeness (QED) is 0.763. The van der Waals surface area contributed by atoms with Gasteiger partial charge in [0, 0.05) is 56.0 Å². The molecule has 0 unspecified atom stereocenters. The molecule has 8 heteroatoms. The zero-order valence-electron chi connectivity index (χ0n) is 16.8. The zero-order chi connectivity index (χ0) is 19.9. The number of morpholine rings is 1. The lowest BCUT2D eigenvalue weighted by atomic mass is 9.79. The summed E-state index contributed by atoms with van der Waals surface area (Å²) in [5, 5.41) is 7.17. The van der Waals surface area contributed by atoms with Gasteiger partial charge in [0.2, 0.25) is 17.6 Å². The normalized spacial score (nSPS) is 19.7. The molecule has 2 fully saturated rings. The molecule has 0 radical (unpaired) electrons. The van der Waals surface area contributed by atoms with Crippen LogP contribution in [0, 0.1) is 0 Å². The number of rotatable bonds is 7. The van der Waals surface area contributed by atoms with Crippen molar-refractivity contribution in [3.63, 3.8) is 0 Å². The third-order valence-corrected chi connectivity index (χ3v) is 6.05. The molecule has 156 valence electrons. The summed E-state index contributed by atoms with van der Waals surface area (Å²) in [7, 11) is 0. The minimum atomic E-state index is 0.0341. The first-order chi connectivity index (χ1) is 14.3. The van der Waals surface area contributed by atoms with E-state index in [-0.39, 0.29) is 11.4 Å². The van der Waals surface area contributed by atoms with Gasteiger partial charge in [-0.3, -0.25) is 14.7 Å². The lowest BCUT2D eigenvalue weighted by Gasteiger charge is -2.48. The summed E-state index contributed by atoms with van der Waals surface area (Å²) in [4.78, 5) is 23.4. The highest BCUT2D eigenvalue weighted by Gasteiger charge is 2.38. The van der Waals surface area contributed by atoms with Crippen LogP contribution in [-0.4, -0.2) is 64.3 Å². The Morgan fingerprint density at radius 2 is 1.90 bits per heavy atom. The molecule has 2 aliphatic rings. The molecule has 1 aliphatic heterocycles. The topological polar surface area (TPSA) is 93.4 Å². The molecule has 1 N–H and O–H groups in total. The first kappa shape index (κ1) is 20.0. The Bertz CT molecular complexity index is 783. The van der Waals surface area contributed by atoms with Crippen molar-refractivity contribution in [3.8, 4) is 11.4 Å². The summed E-state index contributed by atoms with van der Waals surface area (Å²) < 4.78 is 10.8. The second-order valence-electron chi connectivity index (χ2n) is 7.91. The van der Waals surface area contributed by atoms with Crippen LogP contribution in [0.1, 0.15) is 44.4 Å². The Labute approximate surface area is 171 Å². The van der Waals surface area contributed by atoms with Gasteiger partial charge < -0.3 is 14.6 Å². The van der Waals surface area contributed by atoms with Gasteiger partial charge >= 0.3 is 0 Å². The molecule has 0 bridgehead atoms. The van der Waals surface area contributed by atoms with Crippen LogP contribution >= 0.6 is 0 Å². The molecule has 29 heavy (non-hydrogen) atoms. The highest BCUT2D eigenvalue weighted by Crippen LogP contribution is 2.33. The fourth-order valence-corrected chi connectivity index (χ4v) is 4.40. The molecule has 1 amide bonds. The molecule has 2 aromatic rings. The van der Waals surface area contributed by atoms with Crippen molar-refractivity contribution in [2.24, 2.45) is 0 Å². The maximum atomic E-state index is 12.5. The van der Waals surface area contributed by atoms with Crippen molar-refractivity contribution in [1.29, 1.82) is 0 Å². The van der Waals surface area contributed by atoms with Gasteiger partial charge in [-0.05, 0) is 25.0 Å². The summed E-state index contributed by atoms with van der Waals surface area (Å²) >= 11 is 0. The maximum Gasteiger partial charge on any atom is 0.227 e. The highest BCUT2D eigenvalue weighted by molar-refractivity contribution is 5.76. The molecule has 1 aliphatic carbocycles. The molecule has 0 spiro atoms. The summed E-state index contributed by atoms with van der Waals surface area (Å²) in [6.45, 7) is 4.18. The standard InChI is InChI=1S/C21H29N5O3/c27-18(4-5-19-24-20(25-29-19)17-6-10-22-11-7-17)23-16-21(8-2-1-3-9-21)26-12-14-28-15-13-26/h6-7,10-11H,1-5,8-9,12-16H2,(H,23,27). The Kier molecular flexibility index (Phi) is 6.51. The molecule has 1 saturated carbocycles. The van der Waals surface area contributed by atoms with Crippen LogP contribution < -0.4 is 5.32 Å². The van der Waals surface area contributed by atoms with Gasteiger partial charge in [-0.25, -0.2) is 0 Å². The van der Waals surface area contributed by atoms with Crippen LogP contribution in [0.15, 0.2) is 29.0 Å². The largest absolute Gasteiger partial charge is 0.379 e. The maximum absolute atomic E-state index is 12.5. The third kappa shape index (κ3) is 5.00. The van der Waals surface area contributed by atoms with Gasteiger partial charge in [0.15, 0.2) is 0 Å². The van der Waals surface area contributed by atoms with Crippen molar-refractivity contribution in [2.45, 2.75) is 50.5 Å². The van der Waals surface area contributed by atoms with Crippen LogP contribution in [0.5, 0.6) is 0 Å². The van der Waals surface area contributed by atoms with Crippen molar-refractivity contribution >= 4 is 5.91 Å². The monoisotopic (exact) mass is 399 g/mol. The number of nitrogens with zero attached hydrogens (tertiary/aromatic N) is 4. The molecule has 2 aromatic heterocycles. The summed E-state index contributed by atoms with van der Waals surface area (Å²) in [5.74, 6) is 1.04. The van der Waals surface area contributed by atoms with Gasteiger partial charge in [-0.2, -0.15) is 4.98 Å². The molecule has 0 aromatic carbocycles. The number of pyridine rings is 1. The van der Waals surface area contributed by atoms with Gasteiger partial charge in [-0.15, -0.1) is 0 Å².